The molecule has 2 rings (SSSR count). The molecule has 0 amide bonds. The lowest BCUT2D eigenvalue weighted by molar-refractivity contribution is -0.138. The van der Waals surface area contributed by atoms with Crippen LogP contribution in [0.25, 0.3) is 0 Å². The van der Waals surface area contributed by atoms with Crippen LogP contribution in [-0.4, -0.2) is 42.3 Å². The van der Waals surface area contributed by atoms with Gasteiger partial charge in [-0.25, -0.2) is 0 Å². The van der Waals surface area contributed by atoms with Crippen LogP contribution in [0.15, 0.2) is 24.3 Å². The van der Waals surface area contributed by atoms with Gasteiger partial charge in [0, 0.05) is 20.2 Å². The smallest absolute Gasteiger partial charge is 0.310 e. The van der Waals surface area contributed by atoms with Gasteiger partial charge in [0.15, 0.2) is 0 Å². The van der Waals surface area contributed by atoms with Crippen LogP contribution in [-0.2, 0) is 16.1 Å². The molecular formula is C16H23NO3. The second kappa shape index (κ2) is 6.86. The van der Waals surface area contributed by atoms with Crippen LogP contribution >= 0.6 is 0 Å². The SMILES string of the molecule is COC1CCCN(Cc2ccc(C(C)C(=O)O)cc2)C1. The maximum atomic E-state index is 10.9. The molecule has 110 valence electrons. The van der Waals surface area contributed by atoms with Gasteiger partial charge in [-0.2, -0.15) is 0 Å². The topological polar surface area (TPSA) is 49.8 Å². The summed E-state index contributed by atoms with van der Waals surface area (Å²) in [4.78, 5) is 13.3. The number of carboxylic acids is 1. The summed E-state index contributed by atoms with van der Waals surface area (Å²) in [7, 11) is 1.77. The van der Waals surface area contributed by atoms with E-state index >= 15 is 0 Å². The van der Waals surface area contributed by atoms with E-state index in [-0.39, 0.29) is 0 Å². The number of piperidine rings is 1. The first-order valence-corrected chi connectivity index (χ1v) is 7.17. The zero-order valence-electron chi connectivity index (χ0n) is 12.2. The molecule has 1 saturated heterocycles. The van der Waals surface area contributed by atoms with Gasteiger partial charge < -0.3 is 9.84 Å². The molecule has 1 heterocycles. The van der Waals surface area contributed by atoms with Crippen molar-refractivity contribution in [3.8, 4) is 0 Å². The molecule has 2 atom stereocenters. The van der Waals surface area contributed by atoms with Gasteiger partial charge in [-0.15, -0.1) is 0 Å². The predicted molar refractivity (Wildman–Crippen MR) is 77.8 cm³/mol. The Hall–Kier alpha value is -1.39. The molecule has 1 fully saturated rings. The summed E-state index contributed by atoms with van der Waals surface area (Å²) in [6.07, 6.45) is 2.66. The number of nitrogens with zero attached hydrogens (tertiary/aromatic N) is 1. The summed E-state index contributed by atoms with van der Waals surface area (Å²) in [5.41, 5.74) is 2.08. The zero-order chi connectivity index (χ0) is 14.5. The Bertz CT molecular complexity index is 444. The second-order valence-corrected chi connectivity index (χ2v) is 5.54. The van der Waals surface area contributed by atoms with Crippen LogP contribution in [0, 0.1) is 0 Å². The van der Waals surface area contributed by atoms with E-state index in [9.17, 15) is 4.79 Å². The summed E-state index contributed by atoms with van der Waals surface area (Å²) in [6, 6.07) is 7.91. The first kappa shape index (κ1) is 15.0. The van der Waals surface area contributed by atoms with Gasteiger partial charge in [0.25, 0.3) is 0 Å². The number of rotatable bonds is 5. The normalized spacial score (nSPS) is 21.6. The van der Waals surface area contributed by atoms with E-state index in [1.165, 1.54) is 12.0 Å². The maximum absolute atomic E-state index is 10.9. The van der Waals surface area contributed by atoms with Crippen molar-refractivity contribution in [3.05, 3.63) is 35.4 Å². The van der Waals surface area contributed by atoms with Gasteiger partial charge in [-0.3, -0.25) is 9.69 Å². The average molecular weight is 277 g/mol. The van der Waals surface area contributed by atoms with E-state index in [4.69, 9.17) is 9.84 Å². The Balaban J connectivity index is 1.95. The summed E-state index contributed by atoms with van der Waals surface area (Å²) >= 11 is 0. The Morgan fingerprint density at radius 1 is 1.45 bits per heavy atom. The highest BCUT2D eigenvalue weighted by atomic mass is 16.5. The fraction of sp³-hybridized carbons (Fsp3) is 0.562. The second-order valence-electron chi connectivity index (χ2n) is 5.54. The molecule has 0 saturated carbocycles. The minimum absolute atomic E-state index is 0.343. The van der Waals surface area contributed by atoms with E-state index < -0.39 is 11.9 Å². The number of hydrogen-bond acceptors (Lipinski definition) is 3. The molecule has 0 radical (unpaired) electrons. The highest BCUT2D eigenvalue weighted by molar-refractivity contribution is 5.75. The lowest BCUT2D eigenvalue weighted by Gasteiger charge is -2.31. The van der Waals surface area contributed by atoms with Gasteiger partial charge >= 0.3 is 5.97 Å². The van der Waals surface area contributed by atoms with Crippen molar-refractivity contribution in [2.75, 3.05) is 20.2 Å². The molecule has 1 aliphatic heterocycles. The Morgan fingerprint density at radius 3 is 2.75 bits per heavy atom. The number of ether oxygens (including phenoxy) is 1. The molecule has 0 aromatic heterocycles. The Labute approximate surface area is 120 Å². The van der Waals surface area contributed by atoms with Crippen LogP contribution in [0.1, 0.15) is 36.8 Å². The number of benzene rings is 1. The molecule has 1 aromatic rings. The van der Waals surface area contributed by atoms with Crippen molar-refractivity contribution in [2.45, 2.75) is 38.3 Å². The molecule has 1 N–H and O–H groups in total. The molecule has 0 spiro atoms. The summed E-state index contributed by atoms with van der Waals surface area (Å²) in [5.74, 6) is -1.23. The van der Waals surface area contributed by atoms with Gasteiger partial charge in [0.05, 0.1) is 12.0 Å². The third-order valence-corrected chi connectivity index (χ3v) is 4.05. The number of likely N-dealkylation sites (tertiary alicyclic amines) is 1. The lowest BCUT2D eigenvalue weighted by atomic mass is 9.99. The van der Waals surface area contributed by atoms with Crippen molar-refractivity contribution in [1.29, 1.82) is 0 Å². The summed E-state index contributed by atoms with van der Waals surface area (Å²) in [5, 5.41) is 9.00. The summed E-state index contributed by atoms with van der Waals surface area (Å²) < 4.78 is 5.43. The molecule has 1 aliphatic rings. The van der Waals surface area contributed by atoms with E-state index in [1.807, 2.05) is 24.3 Å². The van der Waals surface area contributed by atoms with Crippen LogP contribution in [0.3, 0.4) is 0 Å². The minimum atomic E-state index is -0.781. The Kier molecular flexibility index (Phi) is 5.15. The molecule has 0 aliphatic carbocycles. The van der Waals surface area contributed by atoms with E-state index in [1.54, 1.807) is 14.0 Å². The van der Waals surface area contributed by atoms with Crippen molar-refractivity contribution in [3.63, 3.8) is 0 Å². The average Bonchev–Trinajstić information content (AvgIpc) is 2.47. The molecular weight excluding hydrogens is 254 g/mol. The van der Waals surface area contributed by atoms with Crippen LogP contribution in [0.2, 0.25) is 0 Å². The number of carbonyl (C=O) groups is 1. The number of methoxy groups -OCH3 is 1. The van der Waals surface area contributed by atoms with Crippen LogP contribution in [0.5, 0.6) is 0 Å². The standard InChI is InChI=1S/C16H23NO3/c1-12(16(18)19)14-7-5-13(6-8-14)10-17-9-3-4-15(11-17)20-2/h5-8,12,15H,3-4,9-11H2,1-2H3,(H,18,19). The molecule has 20 heavy (non-hydrogen) atoms. The van der Waals surface area contributed by atoms with Crippen molar-refractivity contribution < 1.29 is 14.6 Å². The monoisotopic (exact) mass is 277 g/mol. The molecule has 4 nitrogen and oxygen atoms in total. The van der Waals surface area contributed by atoms with Crippen molar-refractivity contribution in [1.82, 2.24) is 4.90 Å². The third-order valence-electron chi connectivity index (χ3n) is 4.05. The Morgan fingerprint density at radius 2 is 2.15 bits per heavy atom. The fourth-order valence-corrected chi connectivity index (χ4v) is 2.66. The first-order chi connectivity index (χ1) is 9.60. The largest absolute Gasteiger partial charge is 0.481 e. The number of aliphatic carboxylic acids is 1. The van der Waals surface area contributed by atoms with E-state index in [0.29, 0.717) is 6.10 Å². The van der Waals surface area contributed by atoms with E-state index in [2.05, 4.69) is 4.90 Å². The minimum Gasteiger partial charge on any atom is -0.481 e. The summed E-state index contributed by atoms with van der Waals surface area (Å²) in [6.45, 7) is 4.70. The van der Waals surface area contributed by atoms with Gasteiger partial charge in [-0.1, -0.05) is 24.3 Å². The van der Waals surface area contributed by atoms with Crippen molar-refractivity contribution in [2.24, 2.45) is 0 Å². The molecule has 0 bridgehead atoms. The van der Waals surface area contributed by atoms with Gasteiger partial charge in [0.2, 0.25) is 0 Å². The molecule has 4 heteroatoms. The highest BCUT2D eigenvalue weighted by Gasteiger charge is 2.19. The van der Waals surface area contributed by atoms with E-state index in [0.717, 1.165) is 31.6 Å². The van der Waals surface area contributed by atoms with Crippen LogP contribution < -0.4 is 0 Å². The van der Waals surface area contributed by atoms with Crippen LogP contribution in [0.4, 0.5) is 0 Å². The fourth-order valence-electron chi connectivity index (χ4n) is 2.66. The lowest BCUT2D eigenvalue weighted by Crippen LogP contribution is -2.38. The highest BCUT2D eigenvalue weighted by Crippen LogP contribution is 2.19. The number of carboxylic acid groups (broad SMARTS) is 1. The van der Waals surface area contributed by atoms with Gasteiger partial charge in [0.1, 0.15) is 0 Å². The van der Waals surface area contributed by atoms with Crippen molar-refractivity contribution >= 4 is 5.97 Å². The third kappa shape index (κ3) is 3.81. The maximum Gasteiger partial charge on any atom is 0.310 e. The quantitative estimate of drug-likeness (QED) is 0.898. The van der Waals surface area contributed by atoms with Gasteiger partial charge in [-0.05, 0) is 37.4 Å². The molecule has 1 aromatic carbocycles. The first-order valence-electron chi connectivity index (χ1n) is 7.17. The molecule has 2 unspecified atom stereocenters. The predicted octanol–water partition coefficient (Wildman–Crippen LogP) is 2.49. The zero-order valence-corrected chi connectivity index (χ0v) is 12.2. The number of hydrogen-bond donors (Lipinski definition) is 1.